The van der Waals surface area contributed by atoms with Gasteiger partial charge in [0.1, 0.15) is 5.97 Å². The molecule has 0 heterocycles. The molecule has 5 heteroatoms. The third-order valence-corrected chi connectivity index (χ3v) is 3.37. The molecule has 1 saturated carbocycles. The average Bonchev–Trinajstić information content (AvgIpc) is 2.05. The van der Waals surface area contributed by atoms with Gasteiger partial charge in [-0.05, 0) is 12.8 Å². The minimum atomic E-state index is -3.72. The van der Waals surface area contributed by atoms with Gasteiger partial charge < -0.3 is 9.90 Å². The van der Waals surface area contributed by atoms with Crippen molar-refractivity contribution in [2.24, 2.45) is 0 Å². The van der Waals surface area contributed by atoms with Gasteiger partial charge in [-0.25, -0.2) is 0 Å². The molecule has 0 atom stereocenters. The Morgan fingerprint density at radius 3 is 2.31 bits per heavy atom. The van der Waals surface area contributed by atoms with E-state index in [1.807, 2.05) is 0 Å². The van der Waals surface area contributed by atoms with Gasteiger partial charge in [0.2, 0.25) is 0 Å². The summed E-state index contributed by atoms with van der Waals surface area (Å²) >= 11 is 0.236. The first kappa shape index (κ1) is 10.8. The summed E-state index contributed by atoms with van der Waals surface area (Å²) in [5, 5.41) is 6.07. The standard InChI is InChI=1S/C8H12F2O2S/c9-8(10,7(11)12)13-6-4-2-1-3-5-6/h6H,1-5H2,(H,11,12)/p-1. The number of thioether (sulfide) groups is 1. The molecule has 1 fully saturated rings. The zero-order chi connectivity index (χ0) is 9.90. The Morgan fingerprint density at radius 2 is 1.85 bits per heavy atom. The van der Waals surface area contributed by atoms with Crippen molar-refractivity contribution >= 4 is 17.7 Å². The van der Waals surface area contributed by atoms with Crippen LogP contribution in [0.5, 0.6) is 0 Å². The molecule has 0 aromatic heterocycles. The van der Waals surface area contributed by atoms with E-state index < -0.39 is 11.2 Å². The second kappa shape index (κ2) is 4.26. The van der Waals surface area contributed by atoms with Crippen LogP contribution in [-0.2, 0) is 4.79 Å². The summed E-state index contributed by atoms with van der Waals surface area (Å²) in [6, 6.07) is 0. The van der Waals surface area contributed by atoms with Gasteiger partial charge in [0, 0.05) is 5.25 Å². The number of aliphatic carboxylic acids is 1. The first-order valence-electron chi connectivity index (χ1n) is 4.29. The number of halogens is 2. The smallest absolute Gasteiger partial charge is 0.333 e. The summed E-state index contributed by atoms with van der Waals surface area (Å²) in [6.45, 7) is 0. The van der Waals surface area contributed by atoms with Crippen LogP contribution in [0.15, 0.2) is 0 Å². The fourth-order valence-electron chi connectivity index (χ4n) is 1.44. The molecule has 2 nitrogen and oxygen atoms in total. The van der Waals surface area contributed by atoms with Crippen LogP contribution in [0.1, 0.15) is 32.1 Å². The molecule has 0 amide bonds. The SMILES string of the molecule is O=C([O-])C(F)(F)SC1CCCCC1. The van der Waals surface area contributed by atoms with Gasteiger partial charge in [0.05, 0.1) is 0 Å². The molecule has 0 bridgehead atoms. The van der Waals surface area contributed by atoms with E-state index in [-0.39, 0.29) is 17.0 Å². The fraction of sp³-hybridized carbons (Fsp3) is 0.875. The van der Waals surface area contributed by atoms with Gasteiger partial charge in [-0.15, -0.1) is 0 Å². The predicted molar refractivity (Wildman–Crippen MR) is 44.4 cm³/mol. The van der Waals surface area contributed by atoms with Crippen molar-refractivity contribution in [3.63, 3.8) is 0 Å². The van der Waals surface area contributed by atoms with Crippen LogP contribution in [0.2, 0.25) is 0 Å². The summed E-state index contributed by atoms with van der Waals surface area (Å²) in [5.41, 5.74) is 0. The Bertz CT molecular complexity index is 191. The van der Waals surface area contributed by atoms with E-state index in [1.165, 1.54) is 0 Å². The molecule has 0 saturated heterocycles. The number of rotatable bonds is 3. The second-order valence-corrected chi connectivity index (χ2v) is 4.60. The van der Waals surface area contributed by atoms with E-state index >= 15 is 0 Å². The lowest BCUT2D eigenvalue weighted by atomic mass is 10.0. The number of carboxylic acid groups (broad SMARTS) is 1. The molecule has 0 radical (unpaired) electrons. The van der Waals surface area contributed by atoms with E-state index in [1.54, 1.807) is 0 Å². The molecule has 1 rings (SSSR count). The van der Waals surface area contributed by atoms with E-state index in [9.17, 15) is 18.7 Å². The monoisotopic (exact) mass is 209 g/mol. The number of carbonyl (C=O) groups excluding carboxylic acids is 1. The Hall–Kier alpha value is -0.320. The lowest BCUT2D eigenvalue weighted by molar-refractivity contribution is -0.320. The first-order chi connectivity index (χ1) is 6.02. The second-order valence-electron chi connectivity index (χ2n) is 3.18. The third kappa shape index (κ3) is 3.14. The Kier molecular flexibility index (Phi) is 3.53. The molecule has 1 aliphatic carbocycles. The van der Waals surface area contributed by atoms with E-state index in [0.717, 1.165) is 19.3 Å². The van der Waals surface area contributed by atoms with Gasteiger partial charge >= 0.3 is 5.25 Å². The molecule has 0 N–H and O–H groups in total. The Balaban J connectivity index is 2.41. The number of alkyl halides is 2. The molecule has 0 aromatic rings. The molecule has 13 heavy (non-hydrogen) atoms. The van der Waals surface area contributed by atoms with Crippen molar-refractivity contribution in [2.75, 3.05) is 0 Å². The molecular weight excluding hydrogens is 198 g/mol. The number of hydrogen-bond acceptors (Lipinski definition) is 3. The van der Waals surface area contributed by atoms with Crippen LogP contribution in [0.3, 0.4) is 0 Å². The van der Waals surface area contributed by atoms with Crippen molar-refractivity contribution < 1.29 is 18.7 Å². The van der Waals surface area contributed by atoms with Crippen LogP contribution < -0.4 is 5.11 Å². The zero-order valence-corrected chi connectivity index (χ0v) is 7.91. The largest absolute Gasteiger partial charge is 0.543 e. The number of hydrogen-bond donors (Lipinski definition) is 0. The van der Waals surface area contributed by atoms with Crippen molar-refractivity contribution in [1.82, 2.24) is 0 Å². The summed E-state index contributed by atoms with van der Waals surface area (Å²) in [7, 11) is 0. The average molecular weight is 209 g/mol. The van der Waals surface area contributed by atoms with Gasteiger partial charge in [0.15, 0.2) is 0 Å². The summed E-state index contributed by atoms with van der Waals surface area (Å²) < 4.78 is 25.3. The topological polar surface area (TPSA) is 40.1 Å². The maximum absolute atomic E-state index is 12.6. The van der Waals surface area contributed by atoms with Crippen LogP contribution in [-0.4, -0.2) is 16.5 Å². The first-order valence-corrected chi connectivity index (χ1v) is 5.17. The van der Waals surface area contributed by atoms with Crippen molar-refractivity contribution in [3.8, 4) is 0 Å². The fourth-order valence-corrected chi connectivity index (χ4v) is 2.52. The molecule has 1 aliphatic rings. The Morgan fingerprint density at radius 1 is 1.31 bits per heavy atom. The maximum Gasteiger partial charge on any atom is 0.333 e. The van der Waals surface area contributed by atoms with Crippen molar-refractivity contribution in [1.29, 1.82) is 0 Å². The molecule has 76 valence electrons. The summed E-state index contributed by atoms with van der Waals surface area (Å²) in [4.78, 5) is 10.0. The highest BCUT2D eigenvalue weighted by atomic mass is 32.2. The highest BCUT2D eigenvalue weighted by molar-refractivity contribution is 8.01. The van der Waals surface area contributed by atoms with E-state index in [4.69, 9.17) is 0 Å². The van der Waals surface area contributed by atoms with Gasteiger partial charge in [-0.3, -0.25) is 0 Å². The number of carboxylic acids is 1. The maximum atomic E-state index is 12.6. The lowest BCUT2D eigenvalue weighted by Gasteiger charge is -2.26. The van der Waals surface area contributed by atoms with Crippen LogP contribution in [0.4, 0.5) is 8.78 Å². The molecule has 0 spiro atoms. The quantitative estimate of drug-likeness (QED) is 0.705. The van der Waals surface area contributed by atoms with Crippen molar-refractivity contribution in [2.45, 2.75) is 42.6 Å². The zero-order valence-electron chi connectivity index (χ0n) is 7.09. The third-order valence-electron chi connectivity index (χ3n) is 2.10. The highest BCUT2D eigenvalue weighted by Gasteiger charge is 2.35. The highest BCUT2D eigenvalue weighted by Crippen LogP contribution is 2.38. The van der Waals surface area contributed by atoms with Crippen LogP contribution in [0.25, 0.3) is 0 Å². The normalized spacial score (nSPS) is 20.2. The summed E-state index contributed by atoms with van der Waals surface area (Å²) in [5.74, 6) is -2.27. The van der Waals surface area contributed by atoms with Gasteiger partial charge in [-0.2, -0.15) is 8.78 Å². The van der Waals surface area contributed by atoms with E-state index in [0.29, 0.717) is 12.8 Å². The molecule has 0 aliphatic heterocycles. The number of carbonyl (C=O) groups is 1. The van der Waals surface area contributed by atoms with Gasteiger partial charge in [0.25, 0.3) is 0 Å². The molecular formula is C8H11F2O2S-. The minimum absolute atomic E-state index is 0.221. The summed E-state index contributed by atoms with van der Waals surface area (Å²) in [6.07, 6.45) is 4.27. The Labute approximate surface area is 79.7 Å². The van der Waals surface area contributed by atoms with Crippen LogP contribution in [0, 0.1) is 0 Å². The van der Waals surface area contributed by atoms with E-state index in [2.05, 4.69) is 0 Å². The minimum Gasteiger partial charge on any atom is -0.543 e. The van der Waals surface area contributed by atoms with Gasteiger partial charge in [-0.1, -0.05) is 31.0 Å². The molecule has 0 aromatic carbocycles. The predicted octanol–water partition coefficient (Wildman–Crippen LogP) is 1.39. The lowest BCUT2D eigenvalue weighted by Crippen LogP contribution is -2.40. The van der Waals surface area contributed by atoms with Crippen molar-refractivity contribution in [3.05, 3.63) is 0 Å². The van der Waals surface area contributed by atoms with Crippen LogP contribution >= 0.6 is 11.8 Å². The molecule has 0 unspecified atom stereocenters.